The van der Waals surface area contributed by atoms with E-state index in [0.717, 1.165) is 69.0 Å². The normalized spacial score (nSPS) is 25.5. The Morgan fingerprint density at radius 1 is 1.03 bits per heavy atom. The molecule has 9 nitrogen and oxygen atoms in total. The highest BCUT2D eigenvalue weighted by molar-refractivity contribution is 7.97. The van der Waals surface area contributed by atoms with Crippen LogP contribution in [0.2, 0.25) is 0 Å². The summed E-state index contributed by atoms with van der Waals surface area (Å²) in [6.07, 6.45) is 6.42. The largest absolute Gasteiger partial charge is 0.370 e. The molecule has 3 amide bonds. The summed E-state index contributed by atoms with van der Waals surface area (Å²) in [5.74, 6) is 2.41. The molecule has 0 saturated carbocycles. The lowest BCUT2D eigenvalue weighted by atomic mass is 9.93. The summed E-state index contributed by atoms with van der Waals surface area (Å²) in [7, 11) is 0. The molecule has 37 heavy (non-hydrogen) atoms. The average Bonchev–Trinajstić information content (AvgIpc) is 3.40. The van der Waals surface area contributed by atoms with Gasteiger partial charge in [0.2, 0.25) is 0 Å². The molecule has 6 heterocycles. The first-order valence-electron chi connectivity index (χ1n) is 13.4. The Morgan fingerprint density at radius 3 is 2.78 bits per heavy atom. The summed E-state index contributed by atoms with van der Waals surface area (Å²) < 4.78 is 2.97. The van der Waals surface area contributed by atoms with Gasteiger partial charge in [-0.2, -0.15) is 0 Å². The lowest BCUT2D eigenvalue weighted by molar-refractivity contribution is 0.0984. The van der Waals surface area contributed by atoms with Crippen LogP contribution in [0.5, 0.6) is 0 Å². The van der Waals surface area contributed by atoms with Gasteiger partial charge in [-0.1, -0.05) is 6.07 Å². The monoisotopic (exact) mass is 521 g/mol. The summed E-state index contributed by atoms with van der Waals surface area (Å²) in [6, 6.07) is 9.75. The molecule has 0 spiro atoms. The number of amides is 3. The van der Waals surface area contributed by atoms with Gasteiger partial charge in [0.05, 0.1) is 11.6 Å². The van der Waals surface area contributed by atoms with Crippen LogP contribution < -0.4 is 19.8 Å². The highest BCUT2D eigenvalue weighted by Gasteiger charge is 2.43. The smallest absolute Gasteiger partial charge is 0.326 e. The number of hydrogen-bond acceptors (Lipinski definition) is 7. The van der Waals surface area contributed by atoms with Crippen molar-refractivity contribution in [1.29, 1.82) is 0 Å². The zero-order valence-electron chi connectivity index (χ0n) is 21.6. The number of carbonyl (C=O) groups is 2. The number of pyridine rings is 2. The second-order valence-corrected chi connectivity index (χ2v) is 12.1. The zero-order chi connectivity index (χ0) is 25.6. The lowest BCUT2D eigenvalue weighted by Crippen LogP contribution is -2.41. The van der Waals surface area contributed by atoms with Crippen LogP contribution >= 0.6 is 11.9 Å². The van der Waals surface area contributed by atoms with Crippen molar-refractivity contribution in [1.82, 2.24) is 19.6 Å². The topological polar surface area (TPSA) is 93.7 Å². The van der Waals surface area contributed by atoms with E-state index < -0.39 is 0 Å². The van der Waals surface area contributed by atoms with Crippen molar-refractivity contribution >= 4 is 41.3 Å². The third kappa shape index (κ3) is 4.71. The molecule has 4 bridgehead atoms. The van der Waals surface area contributed by atoms with Gasteiger partial charge in [-0.25, -0.2) is 14.8 Å². The quantitative estimate of drug-likeness (QED) is 0.533. The average molecular weight is 522 g/mol. The predicted octanol–water partition coefficient (Wildman–Crippen LogP) is 4.52. The van der Waals surface area contributed by atoms with E-state index in [0.29, 0.717) is 29.7 Å². The molecule has 196 valence electrons. The second-order valence-electron chi connectivity index (χ2n) is 11.2. The number of urea groups is 1. The molecule has 4 aliphatic rings. The SMILES string of the molecule is CC1(C)CC2CCCNc3cccc(n3)SNC(=O)c3ccc(N4CC5CCCCN5C4=O)nc3N1C2. The standard InChI is InChI=1S/C27H35N7O2S/c1-27(2)15-18-7-6-13-28-21-9-5-10-23(29-21)37-31-25(35)20-11-12-22(30-24(20)34(27)16-18)33-17-19-8-3-4-14-32(19)26(33)36/h5,9-12,18-19H,3-4,6-8,13-17H2,1-2H3,(H,28,29)(H,31,35). The van der Waals surface area contributed by atoms with Gasteiger partial charge in [-0.15, -0.1) is 0 Å². The predicted molar refractivity (Wildman–Crippen MR) is 146 cm³/mol. The van der Waals surface area contributed by atoms with Gasteiger partial charge in [0.1, 0.15) is 22.5 Å². The van der Waals surface area contributed by atoms with Crippen LogP contribution in [0, 0.1) is 5.92 Å². The number of nitrogens with zero attached hydrogens (tertiary/aromatic N) is 5. The minimum Gasteiger partial charge on any atom is -0.370 e. The number of fused-ring (bicyclic) bond motifs is 7. The van der Waals surface area contributed by atoms with Gasteiger partial charge < -0.3 is 15.1 Å². The molecule has 10 heteroatoms. The van der Waals surface area contributed by atoms with E-state index in [2.05, 4.69) is 33.8 Å². The summed E-state index contributed by atoms with van der Waals surface area (Å²) >= 11 is 1.21. The Morgan fingerprint density at radius 2 is 1.92 bits per heavy atom. The van der Waals surface area contributed by atoms with Gasteiger partial charge in [0.15, 0.2) is 0 Å². The van der Waals surface area contributed by atoms with Crippen molar-refractivity contribution in [2.75, 3.05) is 41.3 Å². The van der Waals surface area contributed by atoms with Crippen molar-refractivity contribution in [3.63, 3.8) is 0 Å². The van der Waals surface area contributed by atoms with Gasteiger partial charge >= 0.3 is 6.03 Å². The Hall–Kier alpha value is -3.01. The fraction of sp³-hybridized carbons (Fsp3) is 0.556. The fourth-order valence-electron chi connectivity index (χ4n) is 6.33. The molecular formula is C27H35N7O2S. The van der Waals surface area contributed by atoms with Gasteiger partial charge in [-0.3, -0.25) is 14.4 Å². The van der Waals surface area contributed by atoms with Gasteiger partial charge in [-0.05, 0) is 82.6 Å². The summed E-state index contributed by atoms with van der Waals surface area (Å²) in [4.78, 5) is 42.5. The molecule has 2 atom stereocenters. The molecule has 2 aromatic heterocycles. The van der Waals surface area contributed by atoms with Crippen molar-refractivity contribution < 1.29 is 9.59 Å². The molecule has 0 aliphatic carbocycles. The van der Waals surface area contributed by atoms with Crippen LogP contribution in [0.25, 0.3) is 0 Å². The Labute approximate surface area is 222 Å². The molecule has 4 aliphatic heterocycles. The lowest BCUT2D eigenvalue weighted by Gasteiger charge is -2.34. The van der Waals surface area contributed by atoms with Crippen LogP contribution in [0.3, 0.4) is 0 Å². The van der Waals surface area contributed by atoms with Crippen LogP contribution in [-0.4, -0.2) is 64.6 Å². The molecule has 2 N–H and O–H groups in total. The van der Waals surface area contributed by atoms with Gasteiger partial charge in [0.25, 0.3) is 5.91 Å². The first-order chi connectivity index (χ1) is 17.9. The molecule has 0 radical (unpaired) electrons. The molecule has 2 unspecified atom stereocenters. The third-order valence-electron chi connectivity index (χ3n) is 8.16. The molecule has 6 rings (SSSR count). The van der Waals surface area contributed by atoms with E-state index in [1.807, 2.05) is 35.2 Å². The maximum atomic E-state index is 13.5. The molecule has 0 aromatic carbocycles. The molecule has 3 saturated heterocycles. The molecule has 2 aromatic rings. The van der Waals surface area contributed by atoms with Crippen LogP contribution in [0.4, 0.5) is 22.2 Å². The first kappa shape index (κ1) is 24.3. The highest BCUT2D eigenvalue weighted by atomic mass is 32.2. The van der Waals surface area contributed by atoms with Crippen molar-refractivity contribution in [3.05, 3.63) is 35.9 Å². The minimum absolute atomic E-state index is 0.0336. The van der Waals surface area contributed by atoms with E-state index >= 15 is 0 Å². The first-order valence-corrected chi connectivity index (χ1v) is 14.3. The summed E-state index contributed by atoms with van der Waals surface area (Å²) in [5.41, 5.74) is 0.375. The van der Waals surface area contributed by atoms with Crippen LogP contribution in [0.1, 0.15) is 62.7 Å². The number of aromatic nitrogens is 2. The Balaban J connectivity index is 1.36. The number of carbonyl (C=O) groups excluding carboxylic acids is 2. The van der Waals surface area contributed by atoms with Crippen LogP contribution in [0.15, 0.2) is 35.4 Å². The third-order valence-corrected chi connectivity index (χ3v) is 8.89. The van der Waals surface area contributed by atoms with E-state index in [1.54, 1.807) is 4.90 Å². The number of hydrogen-bond donors (Lipinski definition) is 2. The van der Waals surface area contributed by atoms with Crippen molar-refractivity contribution in [2.45, 2.75) is 69.0 Å². The van der Waals surface area contributed by atoms with E-state index in [1.165, 1.54) is 11.9 Å². The maximum absolute atomic E-state index is 13.5. The minimum atomic E-state index is -0.210. The van der Waals surface area contributed by atoms with E-state index in [4.69, 9.17) is 4.98 Å². The second kappa shape index (κ2) is 9.70. The number of rotatable bonds is 1. The van der Waals surface area contributed by atoms with Crippen molar-refractivity contribution in [3.8, 4) is 0 Å². The van der Waals surface area contributed by atoms with E-state index in [9.17, 15) is 9.59 Å². The highest BCUT2D eigenvalue weighted by Crippen LogP contribution is 2.40. The molecule has 3 fully saturated rings. The van der Waals surface area contributed by atoms with Gasteiger partial charge in [0, 0.05) is 43.7 Å². The number of anilines is 3. The van der Waals surface area contributed by atoms with E-state index in [-0.39, 0.29) is 23.5 Å². The summed E-state index contributed by atoms with van der Waals surface area (Å²) in [5, 5.41) is 4.14. The summed E-state index contributed by atoms with van der Waals surface area (Å²) in [6.45, 7) is 7.64. The zero-order valence-corrected chi connectivity index (χ0v) is 22.4. The van der Waals surface area contributed by atoms with Crippen LogP contribution in [-0.2, 0) is 0 Å². The van der Waals surface area contributed by atoms with Crippen molar-refractivity contribution in [2.24, 2.45) is 5.92 Å². The number of nitrogens with one attached hydrogen (secondary N) is 2. The maximum Gasteiger partial charge on any atom is 0.326 e. The Bertz CT molecular complexity index is 1210. The fourth-order valence-corrected chi connectivity index (χ4v) is 6.93. The number of piperidine rings is 1. The Kier molecular flexibility index (Phi) is 6.38. The molecular weight excluding hydrogens is 486 g/mol.